The standard InChI is InChI=1S/C36H71NO/c1-3-5-7-9-11-13-15-17-19-21-23-25-27-29-31-33-35-37(38)36-34-32-30-28-26-24-22-20-18-16-14-12-10-8-6-4-2/h17-20,38H,3-16,21-36H2,1-2H3/b19-17-,20-18-. The summed E-state index contributed by atoms with van der Waals surface area (Å²) in [7, 11) is 0. The molecule has 0 aromatic heterocycles. The lowest BCUT2D eigenvalue weighted by Gasteiger charge is -2.14. The average Bonchev–Trinajstić information content (AvgIpc) is 2.92. The molecule has 0 spiro atoms. The summed E-state index contributed by atoms with van der Waals surface area (Å²) < 4.78 is 0. The van der Waals surface area contributed by atoms with Crippen molar-refractivity contribution >= 4 is 0 Å². The molecule has 1 N–H and O–H groups in total. The van der Waals surface area contributed by atoms with Gasteiger partial charge in [0, 0.05) is 13.1 Å². The fourth-order valence-corrected chi connectivity index (χ4v) is 5.20. The summed E-state index contributed by atoms with van der Waals surface area (Å²) in [6, 6.07) is 0. The van der Waals surface area contributed by atoms with Gasteiger partial charge in [-0.1, -0.05) is 154 Å². The van der Waals surface area contributed by atoms with Gasteiger partial charge < -0.3 is 5.21 Å². The Morgan fingerprint density at radius 1 is 0.342 bits per heavy atom. The van der Waals surface area contributed by atoms with E-state index in [-0.39, 0.29) is 0 Å². The van der Waals surface area contributed by atoms with Crippen molar-refractivity contribution in [3.63, 3.8) is 0 Å². The number of hydrogen-bond acceptors (Lipinski definition) is 2. The SMILES string of the molecule is CCCCCCCC/C=C\CCCCCCCCN(O)CCCCCCCC/C=C\CCCCCCCC. The van der Waals surface area contributed by atoms with Crippen LogP contribution in [0.3, 0.4) is 0 Å². The first-order valence-corrected chi connectivity index (χ1v) is 17.5. The minimum atomic E-state index is 0.853. The second kappa shape index (κ2) is 34.4. The highest BCUT2D eigenvalue weighted by atomic mass is 16.5. The summed E-state index contributed by atoms with van der Waals surface area (Å²) in [4.78, 5) is 0. The molecule has 0 fully saturated rings. The lowest BCUT2D eigenvalue weighted by molar-refractivity contribution is -0.0925. The Balaban J connectivity index is 3.22. The second-order valence-corrected chi connectivity index (χ2v) is 11.8. The third kappa shape index (κ3) is 33.4. The predicted octanol–water partition coefficient (Wildman–Crippen LogP) is 12.8. The van der Waals surface area contributed by atoms with E-state index in [0.717, 1.165) is 25.9 Å². The highest BCUT2D eigenvalue weighted by molar-refractivity contribution is 4.82. The molecule has 2 heteroatoms. The summed E-state index contributed by atoms with van der Waals surface area (Å²) in [6.07, 6.45) is 47.1. The van der Waals surface area contributed by atoms with Crippen molar-refractivity contribution in [2.75, 3.05) is 13.1 Å². The van der Waals surface area contributed by atoms with Crippen LogP contribution in [0.25, 0.3) is 0 Å². The third-order valence-corrected chi connectivity index (χ3v) is 7.86. The van der Waals surface area contributed by atoms with Gasteiger partial charge in [-0.2, -0.15) is 5.06 Å². The molecular weight excluding hydrogens is 462 g/mol. The van der Waals surface area contributed by atoms with E-state index >= 15 is 0 Å². The Hall–Kier alpha value is -0.600. The number of unbranched alkanes of at least 4 members (excludes halogenated alkanes) is 24. The third-order valence-electron chi connectivity index (χ3n) is 7.86. The first-order chi connectivity index (χ1) is 18.8. The van der Waals surface area contributed by atoms with Crippen LogP contribution in [0, 0.1) is 0 Å². The van der Waals surface area contributed by atoms with E-state index in [1.165, 1.54) is 167 Å². The van der Waals surface area contributed by atoms with E-state index in [0.29, 0.717) is 0 Å². The first-order valence-electron chi connectivity index (χ1n) is 17.5. The largest absolute Gasteiger partial charge is 0.314 e. The molecule has 0 aliphatic carbocycles. The Bertz CT molecular complexity index is 430. The van der Waals surface area contributed by atoms with Crippen molar-refractivity contribution in [2.45, 2.75) is 194 Å². The maximum Gasteiger partial charge on any atom is 0.0238 e. The number of allylic oxidation sites excluding steroid dienone is 4. The van der Waals surface area contributed by atoms with Crippen molar-refractivity contribution in [2.24, 2.45) is 0 Å². The van der Waals surface area contributed by atoms with Gasteiger partial charge in [-0.3, -0.25) is 0 Å². The minimum absolute atomic E-state index is 0.853. The molecule has 0 bridgehead atoms. The van der Waals surface area contributed by atoms with Gasteiger partial charge in [-0.15, -0.1) is 0 Å². The monoisotopic (exact) mass is 534 g/mol. The molecule has 0 heterocycles. The van der Waals surface area contributed by atoms with Gasteiger partial charge in [-0.25, -0.2) is 0 Å². The molecular formula is C36H71NO. The summed E-state index contributed by atoms with van der Waals surface area (Å²) >= 11 is 0. The highest BCUT2D eigenvalue weighted by Crippen LogP contribution is 2.12. The molecule has 0 aromatic rings. The van der Waals surface area contributed by atoms with Gasteiger partial charge in [0.2, 0.25) is 0 Å². The molecule has 0 aromatic carbocycles. The minimum Gasteiger partial charge on any atom is -0.314 e. The number of nitrogens with zero attached hydrogens (tertiary/aromatic N) is 1. The van der Waals surface area contributed by atoms with Crippen molar-refractivity contribution in [3.05, 3.63) is 24.3 Å². The van der Waals surface area contributed by atoms with Crippen LogP contribution in [0.5, 0.6) is 0 Å². The molecule has 0 aliphatic rings. The predicted molar refractivity (Wildman–Crippen MR) is 172 cm³/mol. The van der Waals surface area contributed by atoms with Crippen molar-refractivity contribution in [3.8, 4) is 0 Å². The van der Waals surface area contributed by atoms with E-state index in [4.69, 9.17) is 0 Å². The molecule has 0 amide bonds. The fourth-order valence-electron chi connectivity index (χ4n) is 5.20. The van der Waals surface area contributed by atoms with Crippen LogP contribution in [0.1, 0.15) is 194 Å². The normalized spacial score (nSPS) is 12.1. The Labute approximate surface area is 241 Å². The summed E-state index contributed by atoms with van der Waals surface area (Å²) in [6.45, 7) is 6.28. The topological polar surface area (TPSA) is 23.5 Å². The van der Waals surface area contributed by atoms with Crippen LogP contribution in [-0.2, 0) is 0 Å². The van der Waals surface area contributed by atoms with Gasteiger partial charge >= 0.3 is 0 Å². The highest BCUT2D eigenvalue weighted by Gasteiger charge is 2.00. The maximum atomic E-state index is 10.1. The molecule has 0 radical (unpaired) electrons. The van der Waals surface area contributed by atoms with E-state index in [1.54, 1.807) is 5.06 Å². The number of rotatable bonds is 32. The Morgan fingerprint density at radius 3 is 0.868 bits per heavy atom. The van der Waals surface area contributed by atoms with Crippen LogP contribution in [0.15, 0.2) is 24.3 Å². The molecule has 226 valence electrons. The lowest BCUT2D eigenvalue weighted by atomic mass is 10.1. The molecule has 0 aliphatic heterocycles. The smallest absolute Gasteiger partial charge is 0.0238 e. The van der Waals surface area contributed by atoms with E-state index < -0.39 is 0 Å². The molecule has 0 saturated carbocycles. The zero-order chi connectivity index (χ0) is 27.6. The number of hydroxylamine groups is 2. The van der Waals surface area contributed by atoms with Gasteiger partial charge in [0.05, 0.1) is 0 Å². The second-order valence-electron chi connectivity index (χ2n) is 11.8. The molecule has 0 saturated heterocycles. The molecule has 0 rings (SSSR count). The zero-order valence-electron chi connectivity index (χ0n) is 26.4. The zero-order valence-corrected chi connectivity index (χ0v) is 26.4. The van der Waals surface area contributed by atoms with Crippen LogP contribution in [-0.4, -0.2) is 23.4 Å². The van der Waals surface area contributed by atoms with E-state index in [1.807, 2.05) is 0 Å². The van der Waals surface area contributed by atoms with E-state index in [9.17, 15) is 5.21 Å². The van der Waals surface area contributed by atoms with Crippen molar-refractivity contribution in [1.29, 1.82) is 0 Å². The van der Waals surface area contributed by atoms with Crippen LogP contribution < -0.4 is 0 Å². The fraction of sp³-hybridized carbons (Fsp3) is 0.889. The Morgan fingerprint density at radius 2 is 0.579 bits per heavy atom. The van der Waals surface area contributed by atoms with Gasteiger partial charge in [0.1, 0.15) is 0 Å². The van der Waals surface area contributed by atoms with Crippen LogP contribution in [0.2, 0.25) is 0 Å². The van der Waals surface area contributed by atoms with Crippen LogP contribution >= 0.6 is 0 Å². The van der Waals surface area contributed by atoms with Gasteiger partial charge in [-0.05, 0) is 64.2 Å². The van der Waals surface area contributed by atoms with E-state index in [2.05, 4.69) is 38.2 Å². The van der Waals surface area contributed by atoms with Gasteiger partial charge in [0.15, 0.2) is 0 Å². The number of hydrogen-bond donors (Lipinski definition) is 1. The summed E-state index contributed by atoms with van der Waals surface area (Å²) in [5, 5.41) is 11.7. The first kappa shape index (κ1) is 37.4. The average molecular weight is 534 g/mol. The summed E-state index contributed by atoms with van der Waals surface area (Å²) in [5.41, 5.74) is 0. The summed E-state index contributed by atoms with van der Waals surface area (Å²) in [5.74, 6) is 0. The van der Waals surface area contributed by atoms with Crippen molar-refractivity contribution < 1.29 is 5.21 Å². The van der Waals surface area contributed by atoms with Gasteiger partial charge in [0.25, 0.3) is 0 Å². The lowest BCUT2D eigenvalue weighted by Crippen LogP contribution is -2.21. The maximum absolute atomic E-state index is 10.1. The van der Waals surface area contributed by atoms with Crippen molar-refractivity contribution in [1.82, 2.24) is 5.06 Å². The van der Waals surface area contributed by atoms with Crippen LogP contribution in [0.4, 0.5) is 0 Å². The molecule has 38 heavy (non-hydrogen) atoms. The Kier molecular flexibility index (Phi) is 33.9. The quantitative estimate of drug-likeness (QED) is 0.0528. The molecule has 0 unspecified atom stereocenters. The molecule has 2 nitrogen and oxygen atoms in total. The molecule has 0 atom stereocenters.